The molecular formula is C10H12ClFO3. The van der Waals surface area contributed by atoms with Crippen LogP contribution in [0.4, 0.5) is 4.39 Å². The van der Waals surface area contributed by atoms with Crippen LogP contribution in [0.15, 0.2) is 6.07 Å². The molecule has 3 nitrogen and oxygen atoms in total. The van der Waals surface area contributed by atoms with Gasteiger partial charge in [0.1, 0.15) is 0 Å². The maximum atomic E-state index is 13.7. The molecule has 1 aromatic rings. The van der Waals surface area contributed by atoms with Crippen molar-refractivity contribution in [2.45, 2.75) is 6.42 Å². The van der Waals surface area contributed by atoms with Gasteiger partial charge < -0.3 is 14.6 Å². The average molecular weight is 235 g/mol. The minimum Gasteiger partial charge on any atom is -0.493 e. The summed E-state index contributed by atoms with van der Waals surface area (Å²) in [6.07, 6.45) is 0.282. The van der Waals surface area contributed by atoms with Crippen LogP contribution in [-0.2, 0) is 6.42 Å². The molecule has 15 heavy (non-hydrogen) atoms. The van der Waals surface area contributed by atoms with Crippen molar-refractivity contribution >= 4 is 11.6 Å². The molecule has 0 amide bonds. The number of hydrogen-bond acceptors (Lipinski definition) is 3. The summed E-state index contributed by atoms with van der Waals surface area (Å²) in [5.41, 5.74) is 0.517. The fourth-order valence-electron chi connectivity index (χ4n) is 1.35. The molecule has 0 atom stereocenters. The molecule has 5 heteroatoms. The summed E-state index contributed by atoms with van der Waals surface area (Å²) in [4.78, 5) is 0. The normalized spacial score (nSPS) is 10.2. The molecule has 1 N–H and O–H groups in total. The molecule has 0 unspecified atom stereocenters. The van der Waals surface area contributed by atoms with Gasteiger partial charge in [-0.05, 0) is 12.5 Å². The van der Waals surface area contributed by atoms with Gasteiger partial charge in [0.05, 0.1) is 19.2 Å². The van der Waals surface area contributed by atoms with Crippen LogP contribution in [0, 0.1) is 5.82 Å². The first kappa shape index (κ1) is 12.1. The van der Waals surface area contributed by atoms with Crippen molar-refractivity contribution in [3.8, 4) is 11.5 Å². The van der Waals surface area contributed by atoms with Crippen LogP contribution >= 0.6 is 11.6 Å². The zero-order valence-corrected chi connectivity index (χ0v) is 9.27. The molecule has 84 valence electrons. The minimum atomic E-state index is -0.643. The number of methoxy groups -OCH3 is 2. The quantitative estimate of drug-likeness (QED) is 0.867. The molecule has 0 radical (unpaired) electrons. The van der Waals surface area contributed by atoms with Gasteiger partial charge in [-0.2, -0.15) is 4.39 Å². The molecule has 0 spiro atoms. The molecule has 0 aliphatic heterocycles. The fraction of sp³-hybridized carbons (Fsp3) is 0.400. The molecule has 0 aromatic heterocycles. The van der Waals surface area contributed by atoms with Crippen molar-refractivity contribution in [3.63, 3.8) is 0 Å². The van der Waals surface area contributed by atoms with Crippen molar-refractivity contribution < 1.29 is 19.0 Å². The summed E-state index contributed by atoms with van der Waals surface area (Å²) in [6, 6.07) is 1.53. The van der Waals surface area contributed by atoms with Crippen molar-refractivity contribution in [1.82, 2.24) is 0 Å². The highest BCUT2D eigenvalue weighted by molar-refractivity contribution is 6.32. The van der Waals surface area contributed by atoms with Crippen LogP contribution in [0.3, 0.4) is 0 Å². The first-order chi connectivity index (χ1) is 7.15. The highest BCUT2D eigenvalue weighted by Crippen LogP contribution is 2.36. The summed E-state index contributed by atoms with van der Waals surface area (Å²) in [5.74, 6) is -0.628. The number of hydrogen-bond donors (Lipinski definition) is 1. The summed E-state index contributed by atoms with van der Waals surface area (Å²) < 4.78 is 23.4. The Balaban J connectivity index is 3.30. The number of ether oxygens (including phenoxy) is 2. The number of rotatable bonds is 4. The Morgan fingerprint density at radius 3 is 2.40 bits per heavy atom. The van der Waals surface area contributed by atoms with Crippen LogP contribution in [-0.4, -0.2) is 25.9 Å². The highest BCUT2D eigenvalue weighted by atomic mass is 35.5. The zero-order valence-electron chi connectivity index (χ0n) is 8.51. The Bertz CT molecular complexity index is 355. The standard InChI is InChI=1S/C10H12ClFO3/c1-14-9-6(3-4-13)5-7(11)10(15-2)8(9)12/h5,13H,3-4H2,1-2H3. The lowest BCUT2D eigenvalue weighted by Gasteiger charge is -2.12. The van der Waals surface area contributed by atoms with Crippen molar-refractivity contribution in [2.24, 2.45) is 0 Å². The summed E-state index contributed by atoms with van der Waals surface area (Å²) >= 11 is 5.80. The molecule has 0 saturated carbocycles. The largest absolute Gasteiger partial charge is 0.493 e. The van der Waals surface area contributed by atoms with Gasteiger partial charge in [0.25, 0.3) is 0 Å². The lowest BCUT2D eigenvalue weighted by atomic mass is 10.1. The van der Waals surface area contributed by atoms with Crippen molar-refractivity contribution in [2.75, 3.05) is 20.8 Å². The molecule has 0 fully saturated rings. The number of benzene rings is 1. The monoisotopic (exact) mass is 234 g/mol. The Kier molecular flexibility index (Phi) is 4.17. The van der Waals surface area contributed by atoms with E-state index in [0.717, 1.165) is 0 Å². The predicted octanol–water partition coefficient (Wildman–Crippen LogP) is 2.03. The van der Waals surface area contributed by atoms with Crippen LogP contribution in [0.5, 0.6) is 11.5 Å². The van der Waals surface area contributed by atoms with Gasteiger partial charge in [-0.25, -0.2) is 0 Å². The highest BCUT2D eigenvalue weighted by Gasteiger charge is 2.18. The Morgan fingerprint density at radius 1 is 1.33 bits per heavy atom. The summed E-state index contributed by atoms with van der Waals surface area (Å²) in [5, 5.41) is 8.96. The van der Waals surface area contributed by atoms with E-state index in [9.17, 15) is 4.39 Å². The third-order valence-electron chi connectivity index (χ3n) is 2.00. The first-order valence-corrected chi connectivity index (χ1v) is 4.73. The molecule has 0 aliphatic carbocycles. The molecule has 0 aliphatic rings. The van der Waals surface area contributed by atoms with Gasteiger partial charge in [0.2, 0.25) is 5.82 Å². The number of halogens is 2. The van der Waals surface area contributed by atoms with Crippen molar-refractivity contribution in [3.05, 3.63) is 22.5 Å². The second-order valence-electron chi connectivity index (χ2n) is 2.87. The topological polar surface area (TPSA) is 38.7 Å². The fourth-order valence-corrected chi connectivity index (χ4v) is 1.64. The van der Waals surface area contributed by atoms with Gasteiger partial charge in [0, 0.05) is 12.2 Å². The van der Waals surface area contributed by atoms with E-state index in [-0.39, 0.29) is 29.5 Å². The van der Waals surface area contributed by atoms with E-state index in [4.69, 9.17) is 26.2 Å². The SMILES string of the molecule is COc1c(Cl)cc(CCO)c(OC)c1F. The smallest absolute Gasteiger partial charge is 0.208 e. The maximum Gasteiger partial charge on any atom is 0.208 e. The Labute approximate surface area is 92.4 Å². The molecule has 1 aromatic carbocycles. The molecule has 0 bridgehead atoms. The second kappa shape index (κ2) is 5.19. The van der Waals surface area contributed by atoms with Gasteiger partial charge in [-0.3, -0.25) is 0 Å². The number of aliphatic hydroxyl groups excluding tert-OH is 1. The predicted molar refractivity (Wildman–Crippen MR) is 55.3 cm³/mol. The summed E-state index contributed by atoms with van der Waals surface area (Å²) in [7, 11) is 2.68. The third-order valence-corrected chi connectivity index (χ3v) is 2.28. The van der Waals surface area contributed by atoms with Crippen LogP contribution in [0.2, 0.25) is 5.02 Å². The molecule has 0 saturated heterocycles. The van der Waals surface area contributed by atoms with E-state index in [1.807, 2.05) is 0 Å². The van der Waals surface area contributed by atoms with Crippen LogP contribution in [0.1, 0.15) is 5.56 Å². The average Bonchev–Trinajstić information content (AvgIpc) is 2.19. The van der Waals surface area contributed by atoms with Gasteiger partial charge in [0.15, 0.2) is 11.5 Å². The maximum absolute atomic E-state index is 13.7. The minimum absolute atomic E-state index is 0.0461. The van der Waals surface area contributed by atoms with Crippen LogP contribution < -0.4 is 9.47 Å². The lowest BCUT2D eigenvalue weighted by molar-refractivity contribution is 0.294. The Morgan fingerprint density at radius 2 is 1.93 bits per heavy atom. The van der Waals surface area contributed by atoms with E-state index in [0.29, 0.717) is 5.56 Å². The third kappa shape index (κ3) is 2.33. The van der Waals surface area contributed by atoms with E-state index in [2.05, 4.69) is 0 Å². The zero-order chi connectivity index (χ0) is 11.4. The molecule has 0 heterocycles. The van der Waals surface area contributed by atoms with E-state index >= 15 is 0 Å². The van der Waals surface area contributed by atoms with E-state index in [1.54, 1.807) is 0 Å². The summed E-state index contributed by atoms with van der Waals surface area (Å²) in [6.45, 7) is -0.0988. The van der Waals surface area contributed by atoms with E-state index < -0.39 is 5.82 Å². The van der Waals surface area contributed by atoms with Gasteiger partial charge in [-0.15, -0.1) is 0 Å². The second-order valence-corrected chi connectivity index (χ2v) is 3.28. The van der Waals surface area contributed by atoms with Gasteiger partial charge in [-0.1, -0.05) is 11.6 Å². The lowest BCUT2D eigenvalue weighted by Crippen LogP contribution is -2.01. The van der Waals surface area contributed by atoms with Gasteiger partial charge >= 0.3 is 0 Å². The number of aliphatic hydroxyl groups is 1. The van der Waals surface area contributed by atoms with Crippen molar-refractivity contribution in [1.29, 1.82) is 0 Å². The van der Waals surface area contributed by atoms with E-state index in [1.165, 1.54) is 20.3 Å². The molecular weight excluding hydrogens is 223 g/mol. The van der Waals surface area contributed by atoms with Crippen LogP contribution in [0.25, 0.3) is 0 Å². The Hall–Kier alpha value is -1.00. The molecule has 1 rings (SSSR count). The first-order valence-electron chi connectivity index (χ1n) is 4.35.